The lowest BCUT2D eigenvalue weighted by molar-refractivity contribution is -0.140. The molecule has 0 N–H and O–H groups in total. The second-order valence-corrected chi connectivity index (χ2v) is 8.05. The molecule has 0 amide bonds. The van der Waals surface area contributed by atoms with Crippen molar-refractivity contribution in [2.24, 2.45) is 0 Å². The monoisotopic (exact) mass is 465 g/mol. The molecule has 2 aromatic carbocycles. The van der Waals surface area contributed by atoms with Gasteiger partial charge in [-0.2, -0.15) is 0 Å². The van der Waals surface area contributed by atoms with E-state index in [4.69, 9.17) is 14.2 Å². The summed E-state index contributed by atoms with van der Waals surface area (Å²) in [6, 6.07) is 11.0. The van der Waals surface area contributed by atoms with Crippen LogP contribution in [-0.2, 0) is 9.53 Å². The van der Waals surface area contributed by atoms with E-state index in [0.29, 0.717) is 46.9 Å². The van der Waals surface area contributed by atoms with E-state index in [1.54, 1.807) is 32.5 Å². The first-order chi connectivity index (χ1) is 16.5. The zero-order chi connectivity index (χ0) is 24.5. The van der Waals surface area contributed by atoms with Gasteiger partial charge in [0, 0.05) is 30.5 Å². The van der Waals surface area contributed by atoms with Crippen LogP contribution in [0.4, 0.5) is 0 Å². The molecule has 180 valence electrons. The molecular weight excluding hydrogens is 434 g/mol. The fourth-order valence-electron chi connectivity index (χ4n) is 3.75. The minimum atomic E-state index is -0.197. The Balaban J connectivity index is 1.76. The van der Waals surface area contributed by atoms with E-state index >= 15 is 0 Å². The number of unbranched alkanes of at least 4 members (excludes halogenated alkanes) is 3. The molecule has 7 heteroatoms. The Morgan fingerprint density at radius 2 is 1.50 bits per heavy atom. The first-order valence-electron chi connectivity index (χ1n) is 11.4. The van der Waals surface area contributed by atoms with Crippen molar-refractivity contribution in [3.8, 4) is 23.0 Å². The number of carbonyl (C=O) groups is 2. The van der Waals surface area contributed by atoms with Gasteiger partial charge < -0.3 is 18.9 Å². The Kier molecular flexibility index (Phi) is 8.85. The highest BCUT2D eigenvalue weighted by Crippen LogP contribution is 2.37. The number of rotatable bonds is 12. The van der Waals surface area contributed by atoms with Crippen molar-refractivity contribution in [3.63, 3.8) is 0 Å². The van der Waals surface area contributed by atoms with Gasteiger partial charge in [0.05, 0.1) is 32.4 Å². The van der Waals surface area contributed by atoms with Crippen LogP contribution in [0.2, 0.25) is 0 Å². The van der Waals surface area contributed by atoms with Crippen molar-refractivity contribution in [2.75, 3.05) is 21.3 Å². The van der Waals surface area contributed by atoms with E-state index in [9.17, 15) is 9.59 Å². The van der Waals surface area contributed by atoms with Gasteiger partial charge in [-0.25, -0.2) is 0 Å². The minimum Gasteiger partial charge on any atom is -0.493 e. The predicted molar refractivity (Wildman–Crippen MR) is 130 cm³/mol. The molecule has 34 heavy (non-hydrogen) atoms. The zero-order valence-corrected chi connectivity index (χ0v) is 20.2. The first-order valence-corrected chi connectivity index (χ1v) is 11.4. The van der Waals surface area contributed by atoms with Gasteiger partial charge in [-0.1, -0.05) is 24.5 Å². The number of esters is 1. The average Bonchev–Trinajstić information content (AvgIpc) is 2.85. The Morgan fingerprint density at radius 1 is 0.794 bits per heavy atom. The molecule has 0 atom stereocenters. The van der Waals surface area contributed by atoms with Gasteiger partial charge in [-0.3, -0.25) is 14.6 Å². The summed E-state index contributed by atoms with van der Waals surface area (Å²) in [6.45, 7) is 1.95. The number of hydrogen-bond donors (Lipinski definition) is 0. The maximum atomic E-state index is 13.0. The van der Waals surface area contributed by atoms with Crippen molar-refractivity contribution in [1.29, 1.82) is 0 Å². The summed E-state index contributed by atoms with van der Waals surface area (Å²) in [5.41, 5.74) is 2.24. The molecular formula is C27H31NO6. The molecule has 0 aliphatic rings. The third-order valence-electron chi connectivity index (χ3n) is 5.62. The summed E-state index contributed by atoms with van der Waals surface area (Å²) in [5, 5.41) is 0.754. The SMILES string of the molecule is COC(=O)CCCCCCC(=O)c1cc(C)ccc1Oc1ccnc2cc(OC)c(OC)cc12. The van der Waals surface area contributed by atoms with Gasteiger partial charge in [0.2, 0.25) is 0 Å². The predicted octanol–water partition coefficient (Wildman–Crippen LogP) is 6.05. The molecule has 0 fully saturated rings. The zero-order valence-electron chi connectivity index (χ0n) is 20.2. The molecule has 0 spiro atoms. The summed E-state index contributed by atoms with van der Waals surface area (Å²) in [7, 11) is 4.55. The molecule has 0 radical (unpaired) electrons. The maximum absolute atomic E-state index is 13.0. The second-order valence-electron chi connectivity index (χ2n) is 8.05. The molecule has 0 aliphatic carbocycles. The first kappa shape index (κ1) is 25.0. The smallest absolute Gasteiger partial charge is 0.305 e. The third kappa shape index (κ3) is 6.25. The Morgan fingerprint density at radius 3 is 2.21 bits per heavy atom. The topological polar surface area (TPSA) is 84.0 Å². The van der Waals surface area contributed by atoms with Crippen LogP contribution in [0.25, 0.3) is 10.9 Å². The number of Topliss-reactive ketones (excluding diaryl/α,β-unsaturated/α-hetero) is 1. The van der Waals surface area contributed by atoms with Crippen molar-refractivity contribution in [3.05, 3.63) is 53.7 Å². The molecule has 0 bridgehead atoms. The van der Waals surface area contributed by atoms with E-state index in [0.717, 1.165) is 36.6 Å². The lowest BCUT2D eigenvalue weighted by atomic mass is 10.0. The maximum Gasteiger partial charge on any atom is 0.305 e. The molecule has 0 aliphatic heterocycles. The molecule has 1 aromatic heterocycles. The number of nitrogens with zero attached hydrogens (tertiary/aromatic N) is 1. The number of hydrogen-bond acceptors (Lipinski definition) is 7. The molecule has 3 rings (SSSR count). The third-order valence-corrected chi connectivity index (χ3v) is 5.62. The van der Waals surface area contributed by atoms with Crippen molar-refractivity contribution >= 4 is 22.7 Å². The molecule has 0 unspecified atom stereocenters. The largest absolute Gasteiger partial charge is 0.493 e. The number of benzene rings is 2. The highest BCUT2D eigenvalue weighted by Gasteiger charge is 2.16. The molecule has 3 aromatic rings. The minimum absolute atomic E-state index is 0.0317. The number of aromatic nitrogens is 1. The number of methoxy groups -OCH3 is 3. The number of aryl methyl sites for hydroxylation is 1. The van der Waals surface area contributed by atoms with Gasteiger partial charge in [-0.15, -0.1) is 0 Å². The van der Waals surface area contributed by atoms with Gasteiger partial charge in [-0.05, 0) is 44.0 Å². The number of carbonyl (C=O) groups excluding carboxylic acids is 2. The van der Waals surface area contributed by atoms with Crippen LogP contribution in [0.1, 0.15) is 54.4 Å². The van der Waals surface area contributed by atoms with Crippen LogP contribution in [0.15, 0.2) is 42.6 Å². The summed E-state index contributed by atoms with van der Waals surface area (Å²) in [4.78, 5) is 28.6. The average molecular weight is 466 g/mol. The molecule has 7 nitrogen and oxygen atoms in total. The highest BCUT2D eigenvalue weighted by atomic mass is 16.5. The van der Waals surface area contributed by atoms with Gasteiger partial charge in [0.15, 0.2) is 17.3 Å². The Hall–Kier alpha value is -3.61. The summed E-state index contributed by atoms with van der Waals surface area (Å²) < 4.78 is 21.7. The lowest BCUT2D eigenvalue weighted by Crippen LogP contribution is -2.03. The van der Waals surface area contributed by atoms with E-state index in [2.05, 4.69) is 9.72 Å². The molecule has 0 saturated carbocycles. The number of ether oxygens (including phenoxy) is 4. The highest BCUT2D eigenvalue weighted by molar-refractivity contribution is 5.99. The van der Waals surface area contributed by atoms with E-state index in [-0.39, 0.29) is 11.8 Å². The van der Waals surface area contributed by atoms with Crippen LogP contribution >= 0.6 is 0 Å². The van der Waals surface area contributed by atoms with Crippen LogP contribution in [0.3, 0.4) is 0 Å². The van der Waals surface area contributed by atoms with Gasteiger partial charge in [0.1, 0.15) is 11.5 Å². The Bertz CT molecular complexity index is 1160. The van der Waals surface area contributed by atoms with Gasteiger partial charge in [0.25, 0.3) is 0 Å². The standard InChI is InChI=1S/C27H31NO6/c1-18-11-12-23(20(15-18)22(29)9-7-5-6-8-10-27(30)33-4)34-24-13-14-28-21-17-26(32-3)25(31-2)16-19(21)24/h11-17H,5-10H2,1-4H3. The van der Waals surface area contributed by atoms with Gasteiger partial charge >= 0.3 is 5.97 Å². The quantitative estimate of drug-likeness (QED) is 0.183. The van der Waals surface area contributed by atoms with Crippen LogP contribution < -0.4 is 14.2 Å². The normalized spacial score (nSPS) is 10.7. The lowest BCUT2D eigenvalue weighted by Gasteiger charge is -2.14. The fourth-order valence-corrected chi connectivity index (χ4v) is 3.75. The Labute approximate surface area is 200 Å². The van der Waals surface area contributed by atoms with E-state index in [1.807, 2.05) is 31.2 Å². The number of ketones is 1. The van der Waals surface area contributed by atoms with Crippen molar-refractivity contribution < 1.29 is 28.5 Å². The van der Waals surface area contributed by atoms with Crippen LogP contribution in [-0.4, -0.2) is 38.1 Å². The van der Waals surface area contributed by atoms with Crippen LogP contribution in [0, 0.1) is 6.92 Å². The fraction of sp³-hybridized carbons (Fsp3) is 0.370. The molecule has 0 saturated heterocycles. The summed E-state index contributed by atoms with van der Waals surface area (Å²) in [5.74, 6) is 2.06. The second kappa shape index (κ2) is 12.0. The summed E-state index contributed by atoms with van der Waals surface area (Å²) in [6.07, 6.45) is 5.77. The number of fused-ring (bicyclic) bond motifs is 1. The summed E-state index contributed by atoms with van der Waals surface area (Å²) >= 11 is 0. The van der Waals surface area contributed by atoms with Crippen molar-refractivity contribution in [2.45, 2.75) is 45.4 Å². The van der Waals surface area contributed by atoms with Crippen molar-refractivity contribution in [1.82, 2.24) is 4.98 Å². The van der Waals surface area contributed by atoms with Crippen LogP contribution in [0.5, 0.6) is 23.0 Å². The van der Waals surface area contributed by atoms with E-state index in [1.165, 1.54) is 7.11 Å². The number of pyridine rings is 1. The molecule has 1 heterocycles. The van der Waals surface area contributed by atoms with E-state index < -0.39 is 0 Å².